The average molecular weight is 354 g/mol. The Morgan fingerprint density at radius 3 is 2.92 bits per heavy atom. The fourth-order valence-corrected chi connectivity index (χ4v) is 3.06. The first-order valence-electron chi connectivity index (χ1n) is 7.74. The number of nitrogens with one attached hydrogen (secondary N) is 2. The minimum atomic E-state index is -0.194. The van der Waals surface area contributed by atoms with Gasteiger partial charge in [-0.2, -0.15) is 4.37 Å². The van der Waals surface area contributed by atoms with Crippen LogP contribution >= 0.6 is 11.5 Å². The molecule has 1 amide bonds. The number of benzene rings is 1. The van der Waals surface area contributed by atoms with Gasteiger partial charge in [0.05, 0.1) is 11.3 Å². The summed E-state index contributed by atoms with van der Waals surface area (Å²) in [5, 5.41) is 6.64. The predicted molar refractivity (Wildman–Crippen MR) is 99.4 cm³/mol. The van der Waals surface area contributed by atoms with Gasteiger partial charge in [-0.25, -0.2) is 0 Å². The first kappa shape index (κ1) is 16.9. The highest BCUT2D eigenvalue weighted by atomic mass is 32.1. The van der Waals surface area contributed by atoms with E-state index in [4.69, 9.17) is 4.74 Å². The van der Waals surface area contributed by atoms with E-state index in [-0.39, 0.29) is 5.91 Å². The first-order chi connectivity index (χ1) is 12.2. The van der Waals surface area contributed by atoms with Gasteiger partial charge < -0.3 is 15.4 Å². The van der Waals surface area contributed by atoms with E-state index in [1.165, 1.54) is 11.5 Å². The number of aryl methyl sites for hydroxylation is 1. The minimum absolute atomic E-state index is 0.194. The summed E-state index contributed by atoms with van der Waals surface area (Å²) < 4.78 is 9.98. The second-order valence-corrected chi connectivity index (χ2v) is 6.13. The smallest absolute Gasteiger partial charge is 0.260 e. The van der Waals surface area contributed by atoms with E-state index in [0.717, 1.165) is 10.6 Å². The van der Waals surface area contributed by atoms with Gasteiger partial charge >= 0.3 is 0 Å². The zero-order valence-electron chi connectivity index (χ0n) is 13.9. The van der Waals surface area contributed by atoms with Gasteiger partial charge in [0.25, 0.3) is 5.91 Å². The second-order valence-electron chi connectivity index (χ2n) is 5.35. The van der Waals surface area contributed by atoms with Crippen LogP contribution in [0, 0.1) is 6.92 Å². The van der Waals surface area contributed by atoms with Gasteiger partial charge in [0.1, 0.15) is 17.4 Å². The topological polar surface area (TPSA) is 76.1 Å². The third kappa shape index (κ3) is 4.13. The molecule has 0 saturated carbocycles. The lowest BCUT2D eigenvalue weighted by molar-refractivity contribution is 0.102. The van der Waals surface area contributed by atoms with Crippen molar-refractivity contribution in [2.75, 3.05) is 17.7 Å². The number of pyridine rings is 1. The summed E-state index contributed by atoms with van der Waals surface area (Å²) in [6, 6.07) is 11.1. The number of hydrogen-bond acceptors (Lipinski definition) is 6. The number of hydrogen-bond donors (Lipinski definition) is 2. The summed E-state index contributed by atoms with van der Waals surface area (Å²) in [4.78, 5) is 16.6. The molecule has 1 aromatic carbocycles. The van der Waals surface area contributed by atoms with Crippen molar-refractivity contribution in [1.82, 2.24) is 9.36 Å². The van der Waals surface area contributed by atoms with Crippen LogP contribution in [0.25, 0.3) is 0 Å². The quantitative estimate of drug-likeness (QED) is 0.705. The van der Waals surface area contributed by atoms with Gasteiger partial charge in [0.2, 0.25) is 0 Å². The molecule has 0 saturated heterocycles. The predicted octanol–water partition coefficient (Wildman–Crippen LogP) is 3.72. The Kier molecular flexibility index (Phi) is 5.25. The molecule has 2 heterocycles. The lowest BCUT2D eigenvalue weighted by Crippen LogP contribution is -2.14. The van der Waals surface area contributed by atoms with E-state index < -0.39 is 0 Å². The number of carbonyl (C=O) groups is 1. The van der Waals surface area contributed by atoms with Crippen LogP contribution in [0.15, 0.2) is 48.8 Å². The lowest BCUT2D eigenvalue weighted by atomic mass is 10.2. The van der Waals surface area contributed by atoms with Crippen molar-refractivity contribution in [3.05, 3.63) is 65.6 Å². The van der Waals surface area contributed by atoms with Gasteiger partial charge in [0, 0.05) is 36.8 Å². The molecule has 0 atom stereocenters. The third-order valence-corrected chi connectivity index (χ3v) is 4.49. The molecule has 25 heavy (non-hydrogen) atoms. The van der Waals surface area contributed by atoms with Crippen LogP contribution in [0.1, 0.15) is 21.6 Å². The summed E-state index contributed by atoms with van der Waals surface area (Å²) in [7, 11) is 1.77. The number of rotatable bonds is 6. The van der Waals surface area contributed by atoms with Crippen molar-refractivity contribution < 1.29 is 9.53 Å². The highest BCUT2D eigenvalue weighted by Gasteiger charge is 2.17. The highest BCUT2D eigenvalue weighted by molar-refractivity contribution is 7.10. The molecule has 2 aromatic heterocycles. The van der Waals surface area contributed by atoms with E-state index in [1.807, 2.05) is 37.3 Å². The molecule has 6 nitrogen and oxygen atoms in total. The van der Waals surface area contributed by atoms with Crippen LogP contribution in [0.3, 0.4) is 0 Å². The van der Waals surface area contributed by atoms with Crippen molar-refractivity contribution in [2.45, 2.75) is 13.5 Å². The Morgan fingerprint density at radius 1 is 1.28 bits per heavy atom. The monoisotopic (exact) mass is 354 g/mol. The van der Waals surface area contributed by atoms with Crippen LogP contribution in [-0.4, -0.2) is 22.3 Å². The van der Waals surface area contributed by atoms with E-state index in [1.54, 1.807) is 25.5 Å². The molecule has 0 radical (unpaired) electrons. The second kappa shape index (κ2) is 7.76. The molecular weight excluding hydrogens is 336 g/mol. The maximum atomic E-state index is 12.5. The van der Waals surface area contributed by atoms with Gasteiger partial charge in [-0.15, -0.1) is 0 Å². The number of anilines is 2. The molecule has 3 rings (SSSR count). The fraction of sp³-hybridized carbons (Fsp3) is 0.167. The zero-order valence-corrected chi connectivity index (χ0v) is 14.8. The number of aromatic nitrogens is 2. The summed E-state index contributed by atoms with van der Waals surface area (Å²) >= 11 is 1.27. The van der Waals surface area contributed by atoms with Crippen LogP contribution in [0.2, 0.25) is 0 Å². The van der Waals surface area contributed by atoms with Crippen molar-refractivity contribution in [3.63, 3.8) is 0 Å². The minimum Gasteiger partial charge on any atom is -0.489 e. The summed E-state index contributed by atoms with van der Waals surface area (Å²) in [6.45, 7) is 2.24. The van der Waals surface area contributed by atoms with E-state index >= 15 is 0 Å². The molecule has 0 fully saturated rings. The maximum absolute atomic E-state index is 12.5. The fourth-order valence-electron chi connectivity index (χ4n) is 2.32. The Labute approximate surface area is 150 Å². The molecule has 7 heteroatoms. The van der Waals surface area contributed by atoms with Crippen LogP contribution < -0.4 is 15.4 Å². The van der Waals surface area contributed by atoms with Gasteiger partial charge in [-0.05, 0) is 36.7 Å². The normalized spacial score (nSPS) is 10.3. The van der Waals surface area contributed by atoms with E-state index in [9.17, 15) is 4.79 Å². The summed E-state index contributed by atoms with van der Waals surface area (Å²) in [5.41, 5.74) is 2.92. The van der Waals surface area contributed by atoms with Crippen LogP contribution in [0.4, 0.5) is 10.7 Å². The number of nitrogens with zero attached hydrogens (tertiary/aromatic N) is 2. The molecule has 128 valence electrons. The molecule has 0 aliphatic heterocycles. The Bertz CT molecular complexity index is 865. The van der Waals surface area contributed by atoms with Gasteiger partial charge in [0.15, 0.2) is 0 Å². The largest absolute Gasteiger partial charge is 0.489 e. The first-order valence-corrected chi connectivity index (χ1v) is 8.52. The number of carbonyl (C=O) groups excluding carboxylic acids is 1. The number of amides is 1. The molecule has 0 spiro atoms. The third-order valence-electron chi connectivity index (χ3n) is 3.54. The maximum Gasteiger partial charge on any atom is 0.260 e. The standard InChI is InChI=1S/C18H18N4O2S/c1-12-16(18(19-2)25-22-12)17(23)21-14-6-3-7-15(9-14)24-11-13-5-4-8-20-10-13/h3-10,19H,11H2,1-2H3,(H,21,23). The van der Waals surface area contributed by atoms with Crippen molar-refractivity contribution in [2.24, 2.45) is 0 Å². The van der Waals surface area contributed by atoms with E-state index in [2.05, 4.69) is 20.0 Å². The Morgan fingerprint density at radius 2 is 2.16 bits per heavy atom. The van der Waals surface area contributed by atoms with Crippen molar-refractivity contribution in [3.8, 4) is 5.75 Å². The molecule has 0 bridgehead atoms. The van der Waals surface area contributed by atoms with E-state index in [0.29, 0.717) is 29.3 Å². The van der Waals surface area contributed by atoms with Crippen LogP contribution in [-0.2, 0) is 6.61 Å². The molecule has 0 aliphatic rings. The number of ether oxygens (including phenoxy) is 1. The summed E-state index contributed by atoms with van der Waals surface area (Å²) in [6.07, 6.45) is 3.48. The Balaban J connectivity index is 1.69. The molecule has 0 aliphatic carbocycles. The van der Waals surface area contributed by atoms with Gasteiger partial charge in [-0.1, -0.05) is 12.1 Å². The summed E-state index contributed by atoms with van der Waals surface area (Å²) in [5.74, 6) is 0.482. The molecule has 3 aromatic rings. The molecule has 0 unspecified atom stereocenters. The SMILES string of the molecule is CNc1snc(C)c1C(=O)Nc1cccc(OCc2cccnc2)c1. The zero-order chi connectivity index (χ0) is 17.6. The molecule has 2 N–H and O–H groups in total. The van der Waals surface area contributed by atoms with Crippen molar-refractivity contribution in [1.29, 1.82) is 0 Å². The lowest BCUT2D eigenvalue weighted by Gasteiger charge is -2.10. The average Bonchev–Trinajstić information content (AvgIpc) is 3.02. The van der Waals surface area contributed by atoms with Gasteiger partial charge in [-0.3, -0.25) is 9.78 Å². The molecular formula is C18H18N4O2S. The van der Waals surface area contributed by atoms with Crippen molar-refractivity contribution >= 4 is 28.1 Å². The van der Waals surface area contributed by atoms with Crippen LogP contribution in [0.5, 0.6) is 5.75 Å². The highest BCUT2D eigenvalue weighted by Crippen LogP contribution is 2.26. The Hall–Kier alpha value is -2.93.